The van der Waals surface area contributed by atoms with Crippen LogP contribution in [-0.4, -0.2) is 25.0 Å². The molecule has 1 atom stereocenters. The van der Waals surface area contributed by atoms with Crippen molar-refractivity contribution < 1.29 is 14.3 Å². The number of rotatable bonds is 6. The van der Waals surface area contributed by atoms with Crippen LogP contribution in [0.1, 0.15) is 16.7 Å². The Morgan fingerprint density at radius 2 is 1.74 bits per heavy atom. The predicted molar refractivity (Wildman–Crippen MR) is 89.0 cm³/mol. The Morgan fingerprint density at radius 3 is 2.39 bits per heavy atom. The van der Waals surface area contributed by atoms with E-state index in [1.807, 2.05) is 61.5 Å². The van der Waals surface area contributed by atoms with Crippen LogP contribution >= 0.6 is 0 Å². The van der Waals surface area contributed by atoms with Crippen LogP contribution in [0.15, 0.2) is 54.6 Å². The number of ether oxygens (including phenoxy) is 1. The first kappa shape index (κ1) is 16.7. The molecule has 0 saturated heterocycles. The second kappa shape index (κ2) is 8.13. The molecule has 120 valence electrons. The lowest BCUT2D eigenvalue weighted by Gasteiger charge is -2.17. The fourth-order valence-electron chi connectivity index (χ4n) is 2.44. The number of benzene rings is 2. The lowest BCUT2D eigenvalue weighted by Crippen LogP contribution is -2.43. The monoisotopic (exact) mass is 311 g/mol. The van der Waals surface area contributed by atoms with Gasteiger partial charge in [-0.3, -0.25) is 4.79 Å². The van der Waals surface area contributed by atoms with Gasteiger partial charge in [-0.15, -0.1) is 0 Å². The molecule has 2 aromatic carbocycles. The van der Waals surface area contributed by atoms with Gasteiger partial charge < -0.3 is 10.1 Å². The van der Waals surface area contributed by atoms with Crippen LogP contribution in [0.4, 0.5) is 0 Å². The number of aryl methyl sites for hydroxylation is 1. The number of methoxy groups -OCH3 is 1. The zero-order valence-electron chi connectivity index (χ0n) is 13.4. The zero-order chi connectivity index (χ0) is 16.7. The Morgan fingerprint density at radius 1 is 1.04 bits per heavy atom. The highest BCUT2D eigenvalue weighted by atomic mass is 16.5. The van der Waals surface area contributed by atoms with Crippen molar-refractivity contribution in [2.45, 2.75) is 25.8 Å². The molecule has 0 bridgehead atoms. The van der Waals surface area contributed by atoms with E-state index in [-0.39, 0.29) is 12.3 Å². The summed E-state index contributed by atoms with van der Waals surface area (Å²) in [7, 11) is 1.33. The van der Waals surface area contributed by atoms with Crippen molar-refractivity contribution >= 4 is 11.9 Å². The first-order valence-electron chi connectivity index (χ1n) is 7.55. The van der Waals surface area contributed by atoms with Gasteiger partial charge in [0.1, 0.15) is 6.04 Å². The van der Waals surface area contributed by atoms with Crippen LogP contribution in [0, 0.1) is 6.92 Å². The summed E-state index contributed by atoms with van der Waals surface area (Å²) in [5.41, 5.74) is 3.01. The summed E-state index contributed by atoms with van der Waals surface area (Å²) in [6, 6.07) is 16.6. The maximum Gasteiger partial charge on any atom is 0.328 e. The summed E-state index contributed by atoms with van der Waals surface area (Å²) in [5, 5.41) is 2.77. The molecule has 0 aliphatic rings. The molecule has 4 nitrogen and oxygen atoms in total. The summed E-state index contributed by atoms with van der Waals surface area (Å²) in [4.78, 5) is 24.1. The minimum Gasteiger partial charge on any atom is -0.467 e. The minimum atomic E-state index is -0.682. The van der Waals surface area contributed by atoms with Gasteiger partial charge in [-0.1, -0.05) is 60.2 Å². The molecule has 1 N–H and O–H groups in total. The number of carbonyl (C=O) groups is 2. The Kier molecular flexibility index (Phi) is 5.92. The van der Waals surface area contributed by atoms with E-state index in [4.69, 9.17) is 4.74 Å². The molecule has 0 heterocycles. The average molecular weight is 311 g/mol. The fourth-order valence-corrected chi connectivity index (χ4v) is 2.44. The average Bonchev–Trinajstić information content (AvgIpc) is 2.54. The van der Waals surface area contributed by atoms with Crippen molar-refractivity contribution in [1.82, 2.24) is 5.32 Å². The Balaban J connectivity index is 2.03. The highest BCUT2D eigenvalue weighted by Crippen LogP contribution is 2.08. The molecular weight excluding hydrogens is 290 g/mol. The maximum absolute atomic E-state index is 12.2. The van der Waals surface area contributed by atoms with E-state index in [0.29, 0.717) is 6.42 Å². The van der Waals surface area contributed by atoms with Crippen LogP contribution in [-0.2, 0) is 27.2 Å². The van der Waals surface area contributed by atoms with Crippen molar-refractivity contribution in [2.24, 2.45) is 0 Å². The smallest absolute Gasteiger partial charge is 0.328 e. The molecule has 2 aromatic rings. The quantitative estimate of drug-likeness (QED) is 0.834. The third-order valence-electron chi connectivity index (χ3n) is 3.55. The normalized spacial score (nSPS) is 11.6. The number of hydrogen-bond donors (Lipinski definition) is 1. The predicted octanol–water partition coefficient (Wildman–Crippen LogP) is 2.44. The molecule has 4 heteroatoms. The molecule has 0 fully saturated rings. The van der Waals surface area contributed by atoms with Gasteiger partial charge in [0.25, 0.3) is 0 Å². The molecule has 0 aliphatic carbocycles. The van der Waals surface area contributed by atoms with Gasteiger partial charge in [-0.25, -0.2) is 4.79 Å². The third kappa shape index (κ3) is 5.25. The number of esters is 1. The van der Waals surface area contributed by atoms with Gasteiger partial charge >= 0.3 is 5.97 Å². The number of nitrogens with one attached hydrogen (secondary N) is 1. The Hall–Kier alpha value is -2.62. The van der Waals surface area contributed by atoms with E-state index < -0.39 is 12.0 Å². The largest absolute Gasteiger partial charge is 0.467 e. The van der Waals surface area contributed by atoms with E-state index >= 15 is 0 Å². The molecular formula is C19H21NO3. The molecule has 0 saturated carbocycles. The van der Waals surface area contributed by atoms with Crippen LogP contribution in [0.5, 0.6) is 0 Å². The summed E-state index contributed by atoms with van der Waals surface area (Å²) >= 11 is 0. The summed E-state index contributed by atoms with van der Waals surface area (Å²) in [5.74, 6) is -0.632. The topological polar surface area (TPSA) is 55.4 Å². The third-order valence-corrected chi connectivity index (χ3v) is 3.55. The van der Waals surface area contributed by atoms with Crippen molar-refractivity contribution in [1.29, 1.82) is 0 Å². The van der Waals surface area contributed by atoms with Gasteiger partial charge in [-0.2, -0.15) is 0 Å². The first-order chi connectivity index (χ1) is 11.1. The number of carbonyl (C=O) groups excluding carboxylic acids is 2. The SMILES string of the molecule is COC(=O)[C@@H](Cc1cccc(C)c1)NC(=O)Cc1ccccc1. The Labute approximate surface area is 136 Å². The van der Waals surface area contributed by atoms with E-state index in [9.17, 15) is 9.59 Å². The van der Waals surface area contributed by atoms with Crippen molar-refractivity contribution in [3.8, 4) is 0 Å². The highest BCUT2D eigenvalue weighted by molar-refractivity contribution is 5.85. The van der Waals surface area contributed by atoms with Crippen LogP contribution < -0.4 is 5.32 Å². The molecule has 1 amide bonds. The lowest BCUT2D eigenvalue weighted by molar-refractivity contribution is -0.145. The van der Waals surface area contributed by atoms with Crippen LogP contribution in [0.25, 0.3) is 0 Å². The first-order valence-corrected chi connectivity index (χ1v) is 7.55. The van der Waals surface area contributed by atoms with Crippen molar-refractivity contribution in [3.05, 3.63) is 71.3 Å². The second-order valence-corrected chi connectivity index (χ2v) is 5.50. The van der Waals surface area contributed by atoms with Crippen molar-refractivity contribution in [3.63, 3.8) is 0 Å². The van der Waals surface area contributed by atoms with Crippen LogP contribution in [0.3, 0.4) is 0 Å². The summed E-state index contributed by atoms with van der Waals surface area (Å²) in [6.07, 6.45) is 0.650. The fraction of sp³-hybridized carbons (Fsp3) is 0.263. The minimum absolute atomic E-state index is 0.195. The van der Waals surface area contributed by atoms with Gasteiger partial charge in [0, 0.05) is 6.42 Å². The van der Waals surface area contributed by atoms with Crippen LogP contribution in [0.2, 0.25) is 0 Å². The standard InChI is InChI=1S/C19H21NO3/c1-14-7-6-10-16(11-14)12-17(19(22)23-2)20-18(21)13-15-8-4-3-5-9-15/h3-11,17H,12-13H2,1-2H3,(H,20,21)/t17-/m1/s1. The molecule has 0 spiro atoms. The van der Waals surface area contributed by atoms with Gasteiger partial charge in [0.2, 0.25) is 5.91 Å². The molecule has 0 radical (unpaired) electrons. The number of amides is 1. The molecule has 2 rings (SSSR count). The van der Waals surface area contributed by atoms with E-state index in [2.05, 4.69) is 5.32 Å². The molecule has 0 aliphatic heterocycles. The van der Waals surface area contributed by atoms with E-state index in [0.717, 1.165) is 16.7 Å². The molecule has 23 heavy (non-hydrogen) atoms. The summed E-state index contributed by atoms with van der Waals surface area (Å²) in [6.45, 7) is 1.99. The molecule has 0 unspecified atom stereocenters. The Bertz CT molecular complexity index is 667. The van der Waals surface area contributed by atoms with Gasteiger partial charge in [-0.05, 0) is 18.1 Å². The maximum atomic E-state index is 12.2. The highest BCUT2D eigenvalue weighted by Gasteiger charge is 2.22. The van der Waals surface area contributed by atoms with E-state index in [1.165, 1.54) is 7.11 Å². The second-order valence-electron chi connectivity index (χ2n) is 5.50. The lowest BCUT2D eigenvalue weighted by atomic mass is 10.0. The molecule has 0 aromatic heterocycles. The van der Waals surface area contributed by atoms with E-state index in [1.54, 1.807) is 0 Å². The van der Waals surface area contributed by atoms with Gasteiger partial charge in [0.15, 0.2) is 0 Å². The summed E-state index contributed by atoms with van der Waals surface area (Å²) < 4.78 is 4.81. The zero-order valence-corrected chi connectivity index (χ0v) is 13.4. The van der Waals surface area contributed by atoms with Crippen molar-refractivity contribution in [2.75, 3.05) is 7.11 Å². The number of hydrogen-bond acceptors (Lipinski definition) is 3. The van der Waals surface area contributed by atoms with Gasteiger partial charge in [0.05, 0.1) is 13.5 Å².